The Hall–Kier alpha value is -4.74. The van der Waals surface area contributed by atoms with Gasteiger partial charge in [-0.25, -0.2) is 18.6 Å². The number of carbonyl (C=O) groups is 2. The third kappa shape index (κ3) is 3.36. The number of rotatable bonds is 1. The minimum Gasteiger partial charge on any atom is -0.356 e. The van der Waals surface area contributed by atoms with Crippen molar-refractivity contribution in [2.24, 2.45) is 7.05 Å². The molecule has 4 aromatic rings. The van der Waals surface area contributed by atoms with Crippen LogP contribution in [0.25, 0.3) is 22.0 Å². The number of carbonyl (C=O) groups excluding carboxylic acids is 2. The van der Waals surface area contributed by atoms with E-state index in [4.69, 9.17) is 0 Å². The number of anilines is 4. The largest absolute Gasteiger partial charge is 0.356 e. The molecule has 0 spiro atoms. The third-order valence-corrected chi connectivity index (χ3v) is 7.10. The van der Waals surface area contributed by atoms with E-state index in [1.54, 1.807) is 41.4 Å². The highest BCUT2D eigenvalue weighted by Crippen LogP contribution is 2.49. The minimum atomic E-state index is -0.864. The van der Waals surface area contributed by atoms with Gasteiger partial charge >= 0.3 is 6.03 Å². The lowest BCUT2D eigenvalue weighted by Gasteiger charge is -2.37. The summed E-state index contributed by atoms with van der Waals surface area (Å²) in [4.78, 5) is 50.1. The Bertz CT molecular complexity index is 1730. The lowest BCUT2D eigenvalue weighted by Crippen LogP contribution is -2.48. The molecule has 0 unspecified atom stereocenters. The summed E-state index contributed by atoms with van der Waals surface area (Å²) in [6.07, 6.45) is 4.32. The Morgan fingerprint density at radius 3 is 2.50 bits per heavy atom. The molecule has 10 nitrogen and oxygen atoms in total. The molecule has 0 saturated carbocycles. The highest BCUT2D eigenvalue weighted by molar-refractivity contribution is 6.09. The highest BCUT2D eigenvalue weighted by atomic mass is 19.1. The molecule has 0 aliphatic carbocycles. The number of pyridine rings is 2. The van der Waals surface area contributed by atoms with Crippen LogP contribution in [0.3, 0.4) is 0 Å². The number of urea groups is 1. The van der Waals surface area contributed by atoms with Gasteiger partial charge in [-0.05, 0) is 17.7 Å². The van der Waals surface area contributed by atoms with Gasteiger partial charge in [0.1, 0.15) is 11.3 Å². The average molecular weight is 520 g/mol. The van der Waals surface area contributed by atoms with Crippen LogP contribution in [-0.4, -0.2) is 46.6 Å². The van der Waals surface area contributed by atoms with Crippen LogP contribution in [0, 0.1) is 11.6 Å². The number of nitrogens with one attached hydrogen (secondary N) is 2. The van der Waals surface area contributed by atoms with Crippen LogP contribution in [0.5, 0.6) is 0 Å². The fraction of sp³-hybridized carbons (Fsp3) is 0.231. The molecule has 0 atom stereocenters. The first kappa shape index (κ1) is 23.6. The fourth-order valence-electron chi connectivity index (χ4n) is 5.36. The quantitative estimate of drug-likeness (QED) is 0.401. The lowest BCUT2D eigenvalue weighted by molar-refractivity contribution is -0.116. The number of H-pyrrole nitrogens is 1. The van der Waals surface area contributed by atoms with E-state index in [-0.39, 0.29) is 42.9 Å². The highest BCUT2D eigenvalue weighted by Gasteiger charge is 2.34. The van der Waals surface area contributed by atoms with E-state index in [0.717, 1.165) is 12.3 Å². The van der Waals surface area contributed by atoms with Crippen LogP contribution in [0.15, 0.2) is 41.6 Å². The van der Waals surface area contributed by atoms with Crippen LogP contribution in [-0.2, 0) is 18.4 Å². The van der Waals surface area contributed by atoms with E-state index in [1.165, 1.54) is 23.4 Å². The van der Waals surface area contributed by atoms with E-state index in [9.17, 15) is 18.8 Å². The standard InChI is InChI=1S/C26H23F2N7O3/c1-13(36)33-4-5-34(26(38)29-2)20-7-16-17-12-32(3)25(37)23-22(17)14(9-30-23)11-35(19(16)8-21(20)33)24-18(28)6-15(27)10-31-24/h6-10,12,30H,4-5,11H2,1-3H3,(H,29,38). The fourth-order valence-corrected chi connectivity index (χ4v) is 5.36. The topological polar surface area (TPSA) is 107 Å². The zero-order valence-corrected chi connectivity index (χ0v) is 20.8. The molecule has 2 aliphatic heterocycles. The molecular formula is C26H23F2N7O3. The summed E-state index contributed by atoms with van der Waals surface area (Å²) < 4.78 is 30.4. The molecule has 2 aliphatic rings. The van der Waals surface area contributed by atoms with Gasteiger partial charge in [0, 0.05) is 69.1 Å². The van der Waals surface area contributed by atoms with Gasteiger partial charge < -0.3 is 24.7 Å². The van der Waals surface area contributed by atoms with Gasteiger partial charge in [-0.15, -0.1) is 0 Å². The SMILES string of the molecule is CNC(=O)N1CCN(C(C)=O)c2cc3c(cc21)-c1cn(C)c(=O)c2[nH]cc(c12)CN3c1ncc(F)cc1F. The molecule has 0 saturated heterocycles. The molecule has 1 aromatic carbocycles. The second-order valence-corrected chi connectivity index (χ2v) is 9.30. The summed E-state index contributed by atoms with van der Waals surface area (Å²) in [5.74, 6) is -2.01. The Morgan fingerprint density at radius 2 is 1.79 bits per heavy atom. The maximum atomic E-state index is 15.2. The first-order valence-electron chi connectivity index (χ1n) is 11.9. The number of amides is 3. The number of aryl methyl sites for hydroxylation is 1. The van der Waals surface area contributed by atoms with Crippen molar-refractivity contribution in [2.75, 3.05) is 34.8 Å². The third-order valence-electron chi connectivity index (χ3n) is 7.10. The summed E-state index contributed by atoms with van der Waals surface area (Å²) in [6.45, 7) is 2.08. The Kier molecular flexibility index (Phi) is 5.23. The number of aromatic nitrogens is 3. The molecule has 38 heavy (non-hydrogen) atoms. The Morgan fingerprint density at radius 1 is 1.05 bits per heavy atom. The van der Waals surface area contributed by atoms with Crippen LogP contribution in [0.2, 0.25) is 0 Å². The van der Waals surface area contributed by atoms with Crippen molar-refractivity contribution in [3.8, 4) is 11.1 Å². The van der Waals surface area contributed by atoms with Crippen LogP contribution in [0.4, 0.5) is 36.5 Å². The van der Waals surface area contributed by atoms with E-state index in [0.29, 0.717) is 44.7 Å². The first-order valence-corrected chi connectivity index (χ1v) is 11.9. The monoisotopic (exact) mass is 519 g/mol. The van der Waals surface area contributed by atoms with Crippen molar-refractivity contribution < 1.29 is 18.4 Å². The predicted octanol–water partition coefficient (Wildman–Crippen LogP) is 3.37. The average Bonchev–Trinajstić information content (AvgIpc) is 3.26. The second-order valence-electron chi connectivity index (χ2n) is 9.30. The number of hydrogen-bond acceptors (Lipinski definition) is 5. The zero-order chi connectivity index (χ0) is 26.9. The number of benzene rings is 1. The van der Waals surface area contributed by atoms with Crippen molar-refractivity contribution in [3.05, 3.63) is 64.3 Å². The van der Waals surface area contributed by atoms with Gasteiger partial charge in [0.05, 0.1) is 29.8 Å². The maximum Gasteiger partial charge on any atom is 0.321 e. The number of nitrogens with zero attached hydrogens (tertiary/aromatic N) is 5. The smallest absolute Gasteiger partial charge is 0.321 e. The van der Waals surface area contributed by atoms with Crippen molar-refractivity contribution in [1.82, 2.24) is 19.9 Å². The van der Waals surface area contributed by atoms with Gasteiger partial charge in [-0.1, -0.05) is 0 Å². The zero-order valence-electron chi connectivity index (χ0n) is 20.8. The lowest BCUT2D eigenvalue weighted by atomic mass is 9.98. The van der Waals surface area contributed by atoms with Gasteiger partial charge in [0.25, 0.3) is 5.56 Å². The van der Waals surface area contributed by atoms with Gasteiger partial charge in [-0.2, -0.15) is 0 Å². The van der Waals surface area contributed by atoms with Gasteiger partial charge in [0.15, 0.2) is 11.6 Å². The number of halogens is 2. The summed E-state index contributed by atoms with van der Waals surface area (Å²) >= 11 is 0. The minimum absolute atomic E-state index is 0.112. The van der Waals surface area contributed by atoms with Crippen molar-refractivity contribution in [2.45, 2.75) is 13.5 Å². The van der Waals surface area contributed by atoms with Crippen molar-refractivity contribution in [3.63, 3.8) is 0 Å². The van der Waals surface area contributed by atoms with Crippen LogP contribution in [0.1, 0.15) is 12.5 Å². The number of hydrogen-bond donors (Lipinski definition) is 2. The maximum absolute atomic E-state index is 15.2. The molecule has 6 rings (SSSR count). The molecule has 2 N–H and O–H groups in total. The summed E-state index contributed by atoms with van der Waals surface area (Å²) in [5, 5.41) is 3.29. The van der Waals surface area contributed by atoms with Crippen LogP contribution < -0.4 is 25.6 Å². The van der Waals surface area contributed by atoms with Crippen molar-refractivity contribution in [1.29, 1.82) is 0 Å². The van der Waals surface area contributed by atoms with E-state index >= 15 is 4.39 Å². The molecule has 0 radical (unpaired) electrons. The molecule has 3 amide bonds. The summed E-state index contributed by atoms with van der Waals surface area (Å²) in [6, 6.07) is 3.90. The summed E-state index contributed by atoms with van der Waals surface area (Å²) in [7, 11) is 3.16. The Labute approximate surface area is 215 Å². The van der Waals surface area contributed by atoms with E-state index in [2.05, 4.69) is 15.3 Å². The number of aromatic amines is 1. The van der Waals surface area contributed by atoms with Gasteiger partial charge in [0.2, 0.25) is 5.91 Å². The Balaban J connectivity index is 1.72. The van der Waals surface area contributed by atoms with Gasteiger partial charge in [-0.3, -0.25) is 14.5 Å². The molecule has 5 heterocycles. The second kappa shape index (κ2) is 8.40. The number of fused-ring (bicyclic) bond motifs is 3. The normalized spacial score (nSPS) is 14.3. The molecule has 3 aromatic heterocycles. The van der Waals surface area contributed by atoms with Crippen LogP contribution >= 0.6 is 0 Å². The van der Waals surface area contributed by atoms with Crippen molar-refractivity contribution >= 4 is 45.7 Å². The molecular weight excluding hydrogens is 496 g/mol. The molecule has 12 heteroatoms. The summed E-state index contributed by atoms with van der Waals surface area (Å²) in [5.41, 5.74) is 3.56. The molecule has 194 valence electrons. The van der Waals surface area contributed by atoms with E-state index < -0.39 is 11.6 Å². The molecule has 0 bridgehead atoms. The first-order chi connectivity index (χ1) is 18.2. The predicted molar refractivity (Wildman–Crippen MR) is 139 cm³/mol. The molecule has 0 fully saturated rings. The van der Waals surface area contributed by atoms with E-state index in [1.807, 2.05) is 0 Å².